The number of nitriles is 1. The van der Waals surface area contributed by atoms with Gasteiger partial charge in [0.25, 0.3) is 0 Å². The van der Waals surface area contributed by atoms with Crippen molar-refractivity contribution in [1.82, 2.24) is 9.88 Å². The number of hydrogen-bond acceptors (Lipinski definition) is 5. The van der Waals surface area contributed by atoms with Crippen LogP contribution in [0.3, 0.4) is 0 Å². The first-order valence-corrected chi connectivity index (χ1v) is 13.9. The van der Waals surface area contributed by atoms with E-state index in [-0.39, 0.29) is 23.7 Å². The van der Waals surface area contributed by atoms with Crippen molar-refractivity contribution in [3.63, 3.8) is 0 Å². The summed E-state index contributed by atoms with van der Waals surface area (Å²) in [6.45, 7) is 9.28. The van der Waals surface area contributed by atoms with Gasteiger partial charge in [-0.1, -0.05) is 37.3 Å². The third-order valence-electron chi connectivity index (χ3n) is 8.79. The molecule has 2 saturated heterocycles. The van der Waals surface area contributed by atoms with E-state index in [4.69, 9.17) is 9.72 Å². The number of allylic oxidation sites excluding steroid dienone is 4. The maximum absolute atomic E-state index is 15.7. The SMILES string of the molecule is CC1CN(C2CCN(c3cnc4c(C5(C)C=CC(C#N)=CC5)cccc4c3C3CC3)CC2F)CC(C)O1. The van der Waals surface area contributed by atoms with E-state index < -0.39 is 6.17 Å². The number of hydrogen-bond donors (Lipinski definition) is 0. The Labute approximate surface area is 219 Å². The first-order chi connectivity index (χ1) is 17.9. The molecule has 0 spiro atoms. The number of morpholine rings is 1. The second kappa shape index (κ2) is 9.53. The lowest BCUT2D eigenvalue weighted by molar-refractivity contribution is -0.0910. The van der Waals surface area contributed by atoms with Gasteiger partial charge in [0.05, 0.1) is 42.2 Å². The number of ether oxygens (including phenoxy) is 1. The van der Waals surface area contributed by atoms with Crippen molar-refractivity contribution < 1.29 is 9.13 Å². The van der Waals surface area contributed by atoms with Gasteiger partial charge in [0.1, 0.15) is 6.17 Å². The highest BCUT2D eigenvalue weighted by atomic mass is 19.1. The second-order valence-corrected chi connectivity index (χ2v) is 11.8. The summed E-state index contributed by atoms with van der Waals surface area (Å²) >= 11 is 0. The quantitative estimate of drug-likeness (QED) is 0.531. The first kappa shape index (κ1) is 24.6. The van der Waals surface area contributed by atoms with Crippen LogP contribution in [0.1, 0.15) is 63.5 Å². The van der Waals surface area contributed by atoms with Gasteiger partial charge in [-0.15, -0.1) is 0 Å². The van der Waals surface area contributed by atoms with Crippen LogP contribution in [0.2, 0.25) is 0 Å². The molecule has 2 aliphatic heterocycles. The molecule has 4 aliphatic rings. The lowest BCUT2D eigenvalue weighted by atomic mass is 9.75. The van der Waals surface area contributed by atoms with Crippen molar-refractivity contribution in [3.05, 3.63) is 59.3 Å². The predicted octanol–water partition coefficient (Wildman–Crippen LogP) is 5.81. The van der Waals surface area contributed by atoms with Crippen molar-refractivity contribution in [3.8, 4) is 6.07 Å². The number of benzene rings is 1. The lowest BCUT2D eigenvalue weighted by Crippen LogP contribution is -2.58. The van der Waals surface area contributed by atoms with E-state index in [9.17, 15) is 5.26 Å². The predicted molar refractivity (Wildman–Crippen MR) is 146 cm³/mol. The van der Waals surface area contributed by atoms with Crippen LogP contribution in [-0.4, -0.2) is 60.5 Å². The average molecular weight is 501 g/mol. The number of anilines is 1. The van der Waals surface area contributed by atoms with Gasteiger partial charge in [-0.25, -0.2) is 4.39 Å². The van der Waals surface area contributed by atoms with Crippen molar-refractivity contribution in [2.24, 2.45) is 0 Å². The molecule has 37 heavy (non-hydrogen) atoms. The molecular weight excluding hydrogens is 463 g/mol. The Hall–Kier alpha value is -2.75. The number of para-hydroxylation sites is 1. The van der Waals surface area contributed by atoms with E-state index in [1.807, 2.05) is 18.3 Å². The minimum atomic E-state index is -0.896. The summed E-state index contributed by atoms with van der Waals surface area (Å²) in [6, 6.07) is 8.73. The normalized spacial score (nSPS) is 32.8. The highest BCUT2D eigenvalue weighted by molar-refractivity contribution is 5.91. The van der Waals surface area contributed by atoms with Crippen LogP contribution in [-0.2, 0) is 10.2 Å². The molecular formula is C31H37FN4O. The largest absolute Gasteiger partial charge is 0.373 e. The number of aromatic nitrogens is 1. The van der Waals surface area contributed by atoms with Crippen molar-refractivity contribution >= 4 is 16.6 Å². The Balaban J connectivity index is 1.31. The standard InChI is InChI=1S/C31H37FN4O/c1-20-17-36(18-21(2)37-20)27-11-14-35(19-26(27)32)28-16-34-30-24(29(28)23-7-8-23)5-4-6-25(30)31(3)12-9-22(15-33)10-13-31/h4-6,9-10,12,16,20-21,23,26-27H,7-8,11,13-14,17-19H2,1-3H3. The zero-order valence-corrected chi connectivity index (χ0v) is 22.2. The summed E-state index contributed by atoms with van der Waals surface area (Å²) in [5, 5.41) is 10.5. The Kier molecular flexibility index (Phi) is 6.33. The Morgan fingerprint density at radius 2 is 1.92 bits per heavy atom. The highest BCUT2D eigenvalue weighted by Gasteiger charge is 2.39. The molecule has 3 heterocycles. The van der Waals surface area contributed by atoms with Gasteiger partial charge in [-0.3, -0.25) is 9.88 Å². The molecule has 6 heteroatoms. The molecule has 5 nitrogen and oxygen atoms in total. The average Bonchev–Trinajstić information content (AvgIpc) is 3.73. The number of piperidine rings is 1. The van der Waals surface area contributed by atoms with Crippen molar-refractivity contribution in [2.75, 3.05) is 31.1 Å². The molecule has 1 aromatic heterocycles. The fourth-order valence-electron chi connectivity index (χ4n) is 6.77. The maximum atomic E-state index is 15.7. The third kappa shape index (κ3) is 4.57. The van der Waals surface area contributed by atoms with Gasteiger partial charge in [0, 0.05) is 42.1 Å². The van der Waals surface area contributed by atoms with Gasteiger partial charge in [0.15, 0.2) is 0 Å². The summed E-state index contributed by atoms with van der Waals surface area (Å²) in [6.07, 6.45) is 11.5. The molecule has 194 valence electrons. The molecule has 2 aromatic rings. The maximum Gasteiger partial charge on any atom is 0.133 e. The molecule has 0 bridgehead atoms. The smallest absolute Gasteiger partial charge is 0.133 e. The number of fused-ring (bicyclic) bond motifs is 1. The summed E-state index contributed by atoms with van der Waals surface area (Å²) < 4.78 is 21.6. The molecule has 1 saturated carbocycles. The van der Waals surface area contributed by atoms with Crippen LogP contribution in [0.15, 0.2) is 48.2 Å². The van der Waals surface area contributed by atoms with Gasteiger partial charge < -0.3 is 9.64 Å². The molecule has 0 radical (unpaired) electrons. The summed E-state index contributed by atoms with van der Waals surface area (Å²) in [7, 11) is 0. The van der Waals surface area contributed by atoms with Gasteiger partial charge in [-0.2, -0.15) is 5.26 Å². The first-order valence-electron chi connectivity index (χ1n) is 13.9. The Bertz CT molecular complexity index is 1280. The van der Waals surface area contributed by atoms with E-state index in [1.54, 1.807) is 0 Å². The highest BCUT2D eigenvalue weighted by Crippen LogP contribution is 2.49. The summed E-state index contributed by atoms with van der Waals surface area (Å²) in [5.74, 6) is 0.521. The van der Waals surface area contributed by atoms with Crippen LogP contribution in [0.4, 0.5) is 10.1 Å². The molecule has 2 aliphatic carbocycles. The second-order valence-electron chi connectivity index (χ2n) is 11.8. The molecule has 6 rings (SSSR count). The van der Waals surface area contributed by atoms with Crippen LogP contribution >= 0.6 is 0 Å². The Morgan fingerprint density at radius 3 is 2.57 bits per heavy atom. The zero-order chi connectivity index (χ0) is 25.7. The molecule has 1 aromatic carbocycles. The topological polar surface area (TPSA) is 52.4 Å². The van der Waals surface area contributed by atoms with Crippen LogP contribution < -0.4 is 4.90 Å². The molecule has 3 fully saturated rings. The Morgan fingerprint density at radius 1 is 1.14 bits per heavy atom. The molecule has 5 atom stereocenters. The van der Waals surface area contributed by atoms with Crippen LogP contribution in [0.5, 0.6) is 0 Å². The van der Waals surface area contributed by atoms with Crippen molar-refractivity contribution in [1.29, 1.82) is 5.26 Å². The fraction of sp³-hybridized carbons (Fsp3) is 0.548. The van der Waals surface area contributed by atoms with Crippen molar-refractivity contribution in [2.45, 2.75) is 82.2 Å². The van der Waals surface area contributed by atoms with E-state index in [1.165, 1.54) is 29.4 Å². The molecule has 0 N–H and O–H groups in total. The van der Waals surface area contributed by atoms with Gasteiger partial charge in [0.2, 0.25) is 0 Å². The molecule has 5 unspecified atom stereocenters. The van der Waals surface area contributed by atoms with Gasteiger partial charge >= 0.3 is 0 Å². The lowest BCUT2D eigenvalue weighted by Gasteiger charge is -2.45. The number of rotatable bonds is 4. The van der Waals surface area contributed by atoms with E-state index in [0.717, 1.165) is 49.3 Å². The zero-order valence-electron chi connectivity index (χ0n) is 22.2. The van der Waals surface area contributed by atoms with E-state index in [0.29, 0.717) is 12.5 Å². The van der Waals surface area contributed by atoms with Crippen LogP contribution in [0, 0.1) is 11.3 Å². The van der Waals surface area contributed by atoms with Gasteiger partial charge in [-0.05, 0) is 62.7 Å². The number of pyridine rings is 1. The number of alkyl halides is 1. The summed E-state index contributed by atoms with van der Waals surface area (Å²) in [4.78, 5) is 9.60. The molecule has 0 amide bonds. The minimum Gasteiger partial charge on any atom is -0.373 e. The van der Waals surface area contributed by atoms with E-state index >= 15 is 4.39 Å². The van der Waals surface area contributed by atoms with E-state index in [2.05, 4.69) is 60.9 Å². The van der Waals surface area contributed by atoms with Crippen LogP contribution in [0.25, 0.3) is 10.9 Å². The summed E-state index contributed by atoms with van der Waals surface area (Å²) in [5.41, 5.74) is 5.22. The fourth-order valence-corrected chi connectivity index (χ4v) is 6.77. The minimum absolute atomic E-state index is 0.0427. The number of nitrogens with zero attached hydrogens (tertiary/aromatic N) is 4. The third-order valence-corrected chi connectivity index (χ3v) is 8.79. The number of halogens is 1. The monoisotopic (exact) mass is 500 g/mol.